The fourth-order valence-electron chi connectivity index (χ4n) is 4.07. The van der Waals surface area contributed by atoms with E-state index in [0.29, 0.717) is 13.0 Å². The number of rotatable bonds is 5. The molecule has 2 aliphatic carbocycles. The number of fused-ring (bicyclic) bond motifs is 1. The molecule has 0 aliphatic heterocycles. The summed E-state index contributed by atoms with van der Waals surface area (Å²) < 4.78 is 11.1. The summed E-state index contributed by atoms with van der Waals surface area (Å²) in [7, 11) is 1.68. The number of ether oxygens (including phenoxy) is 2. The number of carbonyl (C=O) groups is 1. The van der Waals surface area contributed by atoms with Gasteiger partial charge in [-0.05, 0) is 37.0 Å². The molecule has 1 saturated carbocycles. The summed E-state index contributed by atoms with van der Waals surface area (Å²) in [6.45, 7) is 6.64. The minimum atomic E-state index is -0.880. The maximum absolute atomic E-state index is 12.9. The normalized spacial score (nSPS) is 29.2. The highest BCUT2D eigenvalue weighted by Gasteiger charge is 2.63. The van der Waals surface area contributed by atoms with Crippen molar-refractivity contribution < 1.29 is 14.3 Å². The van der Waals surface area contributed by atoms with Crippen molar-refractivity contribution in [2.45, 2.75) is 57.7 Å². The minimum absolute atomic E-state index is 0. The Morgan fingerprint density at radius 3 is 2.72 bits per heavy atom. The van der Waals surface area contributed by atoms with Crippen molar-refractivity contribution in [2.24, 2.45) is 11.1 Å². The second-order valence-corrected chi connectivity index (χ2v) is 7.43. The van der Waals surface area contributed by atoms with Crippen LogP contribution in [0, 0.1) is 5.41 Å². The first kappa shape index (κ1) is 20.0. The number of nitrogens with one attached hydrogen (secondary N) is 1. The molecule has 0 saturated heterocycles. The first-order valence-electron chi connectivity index (χ1n) is 8.72. The number of carbonyl (C=O) groups excluding carboxylic acids is 1. The largest absolute Gasteiger partial charge is 0.496 e. The van der Waals surface area contributed by atoms with E-state index in [0.717, 1.165) is 24.2 Å². The molecule has 3 unspecified atom stereocenters. The molecule has 1 aromatic carbocycles. The van der Waals surface area contributed by atoms with E-state index in [4.69, 9.17) is 15.2 Å². The number of amides is 1. The molecule has 0 bridgehead atoms. The SMILES string of the molecule is CCOC1CC(N)(C(=O)NC2CCc3c(OC)cccc32)C1(C)C.Cl. The number of hydrogen-bond acceptors (Lipinski definition) is 4. The van der Waals surface area contributed by atoms with Gasteiger partial charge in [-0.1, -0.05) is 26.0 Å². The third kappa shape index (κ3) is 3.03. The number of methoxy groups -OCH3 is 1. The maximum atomic E-state index is 12.9. The molecule has 0 aromatic heterocycles. The molecule has 1 fully saturated rings. The van der Waals surface area contributed by atoms with Gasteiger partial charge in [-0.25, -0.2) is 0 Å². The van der Waals surface area contributed by atoms with Crippen LogP contribution in [0.4, 0.5) is 0 Å². The standard InChI is InChI=1S/C19H28N2O3.ClH/c1-5-24-16-11-19(20,18(16,2)3)17(22)21-14-10-9-13-12(14)7-6-8-15(13)23-4;/h6-8,14,16H,5,9-11,20H2,1-4H3,(H,21,22);1H. The van der Waals surface area contributed by atoms with Gasteiger partial charge in [0.1, 0.15) is 11.3 Å². The van der Waals surface area contributed by atoms with Crippen LogP contribution in [0.5, 0.6) is 5.75 Å². The van der Waals surface area contributed by atoms with E-state index >= 15 is 0 Å². The molecule has 25 heavy (non-hydrogen) atoms. The van der Waals surface area contributed by atoms with Gasteiger partial charge in [0.05, 0.1) is 19.3 Å². The van der Waals surface area contributed by atoms with Crippen LogP contribution in [0.3, 0.4) is 0 Å². The van der Waals surface area contributed by atoms with Crippen LogP contribution < -0.4 is 15.8 Å². The molecule has 0 spiro atoms. The van der Waals surface area contributed by atoms with Crippen LogP contribution in [0.1, 0.15) is 50.8 Å². The van der Waals surface area contributed by atoms with Gasteiger partial charge < -0.3 is 20.5 Å². The van der Waals surface area contributed by atoms with Gasteiger partial charge >= 0.3 is 0 Å². The van der Waals surface area contributed by atoms with Crippen LogP contribution >= 0.6 is 12.4 Å². The summed E-state index contributed by atoms with van der Waals surface area (Å²) in [5, 5.41) is 3.17. The van der Waals surface area contributed by atoms with E-state index in [2.05, 4.69) is 11.4 Å². The molecule has 3 N–H and O–H groups in total. The van der Waals surface area contributed by atoms with Crippen molar-refractivity contribution in [3.8, 4) is 5.75 Å². The van der Waals surface area contributed by atoms with Crippen LogP contribution in [0.25, 0.3) is 0 Å². The molecular weight excluding hydrogens is 340 g/mol. The molecule has 1 amide bonds. The topological polar surface area (TPSA) is 73.6 Å². The lowest BCUT2D eigenvalue weighted by atomic mass is 9.54. The second-order valence-electron chi connectivity index (χ2n) is 7.43. The smallest absolute Gasteiger partial charge is 0.241 e. The number of benzene rings is 1. The molecule has 140 valence electrons. The van der Waals surface area contributed by atoms with Crippen molar-refractivity contribution >= 4 is 18.3 Å². The fourth-order valence-corrected chi connectivity index (χ4v) is 4.07. The Balaban J connectivity index is 0.00000225. The van der Waals surface area contributed by atoms with Gasteiger partial charge in [-0.15, -0.1) is 12.4 Å². The van der Waals surface area contributed by atoms with Crippen molar-refractivity contribution in [1.29, 1.82) is 0 Å². The molecule has 0 radical (unpaired) electrons. The molecular formula is C19H29ClN2O3. The lowest BCUT2D eigenvalue weighted by molar-refractivity contribution is -0.171. The van der Waals surface area contributed by atoms with Crippen molar-refractivity contribution in [1.82, 2.24) is 5.32 Å². The van der Waals surface area contributed by atoms with E-state index < -0.39 is 5.54 Å². The molecule has 5 nitrogen and oxygen atoms in total. The first-order valence-corrected chi connectivity index (χ1v) is 8.72. The number of hydrogen-bond donors (Lipinski definition) is 2. The lowest BCUT2D eigenvalue weighted by Crippen LogP contribution is -2.75. The van der Waals surface area contributed by atoms with Crippen LogP contribution in [0.15, 0.2) is 18.2 Å². The Morgan fingerprint density at radius 2 is 2.12 bits per heavy atom. The average molecular weight is 369 g/mol. The lowest BCUT2D eigenvalue weighted by Gasteiger charge is -2.57. The summed E-state index contributed by atoms with van der Waals surface area (Å²) in [6, 6.07) is 6.01. The second kappa shape index (κ2) is 7.14. The van der Waals surface area contributed by atoms with Gasteiger partial charge in [0.2, 0.25) is 5.91 Å². The van der Waals surface area contributed by atoms with E-state index in [1.54, 1.807) is 7.11 Å². The zero-order chi connectivity index (χ0) is 17.5. The third-order valence-corrected chi connectivity index (χ3v) is 5.99. The Kier molecular flexibility index (Phi) is 5.71. The summed E-state index contributed by atoms with van der Waals surface area (Å²) in [6.07, 6.45) is 2.39. The first-order chi connectivity index (χ1) is 11.3. The zero-order valence-electron chi connectivity index (χ0n) is 15.4. The molecule has 1 aromatic rings. The Hall–Kier alpha value is -1.30. The van der Waals surface area contributed by atoms with E-state index in [1.807, 2.05) is 32.9 Å². The predicted octanol–water partition coefficient (Wildman–Crippen LogP) is 2.75. The Morgan fingerprint density at radius 1 is 1.40 bits per heavy atom. The van der Waals surface area contributed by atoms with Gasteiger partial charge in [0.25, 0.3) is 0 Å². The van der Waals surface area contributed by atoms with Gasteiger partial charge in [-0.3, -0.25) is 4.79 Å². The van der Waals surface area contributed by atoms with Crippen molar-refractivity contribution in [2.75, 3.05) is 13.7 Å². The monoisotopic (exact) mass is 368 g/mol. The van der Waals surface area contributed by atoms with E-state index in [1.165, 1.54) is 5.56 Å². The zero-order valence-corrected chi connectivity index (χ0v) is 16.2. The van der Waals surface area contributed by atoms with Crippen LogP contribution in [-0.4, -0.2) is 31.3 Å². The molecule has 3 rings (SSSR count). The molecule has 2 aliphatic rings. The fraction of sp³-hybridized carbons (Fsp3) is 0.632. The third-order valence-electron chi connectivity index (χ3n) is 5.99. The van der Waals surface area contributed by atoms with Crippen LogP contribution in [0.2, 0.25) is 0 Å². The van der Waals surface area contributed by atoms with Crippen molar-refractivity contribution in [3.05, 3.63) is 29.3 Å². The Bertz CT molecular complexity index is 650. The summed E-state index contributed by atoms with van der Waals surface area (Å²) in [5.74, 6) is 0.816. The summed E-state index contributed by atoms with van der Waals surface area (Å²) in [5.41, 5.74) is 7.56. The molecule has 3 atom stereocenters. The van der Waals surface area contributed by atoms with E-state index in [9.17, 15) is 4.79 Å². The summed E-state index contributed by atoms with van der Waals surface area (Å²) >= 11 is 0. The van der Waals surface area contributed by atoms with Crippen molar-refractivity contribution in [3.63, 3.8) is 0 Å². The predicted molar refractivity (Wildman–Crippen MR) is 100 cm³/mol. The minimum Gasteiger partial charge on any atom is -0.496 e. The highest BCUT2D eigenvalue weighted by molar-refractivity contribution is 5.89. The highest BCUT2D eigenvalue weighted by Crippen LogP contribution is 2.50. The van der Waals surface area contributed by atoms with Crippen LogP contribution in [-0.2, 0) is 16.0 Å². The summed E-state index contributed by atoms with van der Waals surface area (Å²) in [4.78, 5) is 12.9. The number of nitrogens with two attached hydrogens (primary N) is 1. The quantitative estimate of drug-likeness (QED) is 0.838. The molecule has 6 heteroatoms. The molecule has 0 heterocycles. The van der Waals surface area contributed by atoms with Gasteiger partial charge in [0.15, 0.2) is 0 Å². The van der Waals surface area contributed by atoms with Gasteiger partial charge in [-0.2, -0.15) is 0 Å². The van der Waals surface area contributed by atoms with E-state index in [-0.39, 0.29) is 35.9 Å². The van der Waals surface area contributed by atoms with Gasteiger partial charge in [0, 0.05) is 18.4 Å². The Labute approximate surface area is 156 Å². The maximum Gasteiger partial charge on any atom is 0.241 e. The highest BCUT2D eigenvalue weighted by atomic mass is 35.5. The average Bonchev–Trinajstić information content (AvgIpc) is 2.97. The number of halogens is 1.